The van der Waals surface area contributed by atoms with Crippen LogP contribution in [0.25, 0.3) is 10.8 Å². The Bertz CT molecular complexity index is 555. The van der Waals surface area contributed by atoms with Gasteiger partial charge in [0, 0.05) is 5.39 Å². The molecule has 78 valence electrons. The summed E-state index contributed by atoms with van der Waals surface area (Å²) in [6, 6.07) is 7.69. The minimum atomic E-state index is -0.00815. The van der Waals surface area contributed by atoms with E-state index in [2.05, 4.69) is 5.10 Å². The van der Waals surface area contributed by atoms with Crippen LogP contribution >= 0.6 is 0 Å². The van der Waals surface area contributed by atoms with Crippen molar-refractivity contribution in [3.63, 3.8) is 0 Å². The van der Waals surface area contributed by atoms with E-state index in [-0.39, 0.29) is 11.6 Å². The monoisotopic (exact) mass is 202 g/mol. The van der Waals surface area contributed by atoms with E-state index < -0.39 is 0 Å². The fourth-order valence-corrected chi connectivity index (χ4v) is 1.72. The molecular weight excluding hydrogens is 188 g/mol. The van der Waals surface area contributed by atoms with Gasteiger partial charge in [0.25, 0.3) is 5.56 Å². The standard InChI is InChI=1S/C12H14N2O/c1-8(2)14-12(15)11-7-5-4-6-10(11)9(3)13-14/h4-8H,1-3H3. The zero-order valence-corrected chi connectivity index (χ0v) is 9.19. The van der Waals surface area contributed by atoms with Crippen molar-refractivity contribution in [1.29, 1.82) is 0 Å². The number of fused-ring (bicyclic) bond motifs is 1. The third-order valence-corrected chi connectivity index (χ3v) is 2.50. The van der Waals surface area contributed by atoms with Crippen molar-refractivity contribution in [2.45, 2.75) is 26.8 Å². The SMILES string of the molecule is Cc1nn(C(C)C)c(=O)c2ccccc12. The molecule has 0 unspecified atom stereocenters. The molecule has 2 aromatic rings. The summed E-state index contributed by atoms with van der Waals surface area (Å²) in [7, 11) is 0. The van der Waals surface area contributed by atoms with Crippen LogP contribution in [0.4, 0.5) is 0 Å². The van der Waals surface area contributed by atoms with E-state index >= 15 is 0 Å². The molecule has 0 saturated carbocycles. The van der Waals surface area contributed by atoms with Crippen LogP contribution < -0.4 is 5.56 Å². The van der Waals surface area contributed by atoms with Crippen LogP contribution in [0, 0.1) is 6.92 Å². The summed E-state index contributed by atoms with van der Waals surface area (Å²) < 4.78 is 1.54. The highest BCUT2D eigenvalue weighted by molar-refractivity contribution is 5.83. The molecule has 0 atom stereocenters. The van der Waals surface area contributed by atoms with Gasteiger partial charge < -0.3 is 0 Å². The second kappa shape index (κ2) is 3.50. The van der Waals surface area contributed by atoms with Crippen LogP contribution in [0.15, 0.2) is 29.1 Å². The molecule has 0 spiro atoms. The van der Waals surface area contributed by atoms with Gasteiger partial charge in [0.05, 0.1) is 17.1 Å². The molecule has 3 nitrogen and oxygen atoms in total. The fraction of sp³-hybridized carbons (Fsp3) is 0.333. The number of nitrogens with zero attached hydrogens (tertiary/aromatic N) is 2. The summed E-state index contributed by atoms with van der Waals surface area (Å²) in [5.74, 6) is 0. The zero-order valence-electron chi connectivity index (χ0n) is 9.19. The number of benzene rings is 1. The molecule has 0 fully saturated rings. The second-order valence-corrected chi connectivity index (χ2v) is 3.97. The lowest BCUT2D eigenvalue weighted by atomic mass is 10.1. The molecule has 1 aromatic carbocycles. The maximum Gasteiger partial charge on any atom is 0.274 e. The van der Waals surface area contributed by atoms with E-state index in [4.69, 9.17) is 0 Å². The summed E-state index contributed by atoms with van der Waals surface area (Å²) in [5, 5.41) is 6.00. The van der Waals surface area contributed by atoms with E-state index in [0.29, 0.717) is 0 Å². The van der Waals surface area contributed by atoms with Crippen molar-refractivity contribution in [2.24, 2.45) is 0 Å². The first-order chi connectivity index (χ1) is 7.11. The Balaban J connectivity index is 2.91. The lowest BCUT2D eigenvalue weighted by Gasteiger charge is -2.11. The molecule has 3 heteroatoms. The molecular formula is C12H14N2O. The van der Waals surface area contributed by atoms with Gasteiger partial charge in [-0.05, 0) is 26.8 Å². The second-order valence-electron chi connectivity index (χ2n) is 3.97. The van der Waals surface area contributed by atoms with E-state index in [1.54, 1.807) is 0 Å². The first-order valence-electron chi connectivity index (χ1n) is 5.09. The molecule has 0 aliphatic heterocycles. The molecule has 1 heterocycles. The Labute approximate surface area is 88.4 Å². The van der Waals surface area contributed by atoms with E-state index in [9.17, 15) is 4.79 Å². The highest BCUT2D eigenvalue weighted by atomic mass is 16.1. The Morgan fingerprint density at radius 2 is 1.80 bits per heavy atom. The third kappa shape index (κ3) is 1.54. The number of aryl methyl sites for hydroxylation is 1. The van der Waals surface area contributed by atoms with E-state index in [1.807, 2.05) is 45.0 Å². The van der Waals surface area contributed by atoms with Crippen molar-refractivity contribution >= 4 is 10.8 Å². The Kier molecular flexibility index (Phi) is 2.31. The van der Waals surface area contributed by atoms with Gasteiger partial charge in [-0.1, -0.05) is 18.2 Å². The molecule has 15 heavy (non-hydrogen) atoms. The predicted octanol–water partition coefficient (Wildman–Crippen LogP) is 2.29. The van der Waals surface area contributed by atoms with Crippen molar-refractivity contribution in [1.82, 2.24) is 9.78 Å². The molecule has 1 aromatic heterocycles. The lowest BCUT2D eigenvalue weighted by molar-refractivity contribution is 0.502. The number of aromatic nitrogens is 2. The molecule has 0 radical (unpaired) electrons. The Morgan fingerprint density at radius 1 is 1.20 bits per heavy atom. The van der Waals surface area contributed by atoms with Crippen LogP contribution in [0.1, 0.15) is 25.6 Å². The lowest BCUT2D eigenvalue weighted by Crippen LogP contribution is -2.25. The number of rotatable bonds is 1. The minimum Gasteiger partial charge on any atom is -0.267 e. The van der Waals surface area contributed by atoms with Crippen molar-refractivity contribution in [3.05, 3.63) is 40.3 Å². The van der Waals surface area contributed by atoms with Gasteiger partial charge >= 0.3 is 0 Å². The summed E-state index contributed by atoms with van der Waals surface area (Å²) in [4.78, 5) is 12.0. The van der Waals surface area contributed by atoms with Crippen LogP contribution in [0.2, 0.25) is 0 Å². The Hall–Kier alpha value is -1.64. The van der Waals surface area contributed by atoms with Gasteiger partial charge in [-0.15, -0.1) is 0 Å². The average Bonchev–Trinajstić information content (AvgIpc) is 2.23. The summed E-state index contributed by atoms with van der Waals surface area (Å²) in [5.41, 5.74) is 0.894. The molecule has 0 aliphatic carbocycles. The molecule has 0 bridgehead atoms. The summed E-state index contributed by atoms with van der Waals surface area (Å²) >= 11 is 0. The van der Waals surface area contributed by atoms with E-state index in [1.165, 1.54) is 4.68 Å². The minimum absolute atomic E-state index is 0.00815. The quantitative estimate of drug-likeness (QED) is 0.711. The third-order valence-electron chi connectivity index (χ3n) is 2.50. The summed E-state index contributed by atoms with van der Waals surface area (Å²) in [6.45, 7) is 5.85. The highest BCUT2D eigenvalue weighted by Gasteiger charge is 2.08. The van der Waals surface area contributed by atoms with Gasteiger partial charge in [-0.25, -0.2) is 4.68 Å². The highest BCUT2D eigenvalue weighted by Crippen LogP contribution is 2.13. The normalized spacial score (nSPS) is 11.2. The Morgan fingerprint density at radius 3 is 2.40 bits per heavy atom. The average molecular weight is 202 g/mol. The first kappa shape index (κ1) is 9.90. The largest absolute Gasteiger partial charge is 0.274 e. The maximum atomic E-state index is 12.0. The van der Waals surface area contributed by atoms with Crippen molar-refractivity contribution in [2.75, 3.05) is 0 Å². The van der Waals surface area contributed by atoms with Crippen LogP contribution in [0.3, 0.4) is 0 Å². The van der Waals surface area contributed by atoms with Gasteiger partial charge in [-0.3, -0.25) is 4.79 Å². The molecule has 0 amide bonds. The van der Waals surface area contributed by atoms with Crippen molar-refractivity contribution < 1.29 is 0 Å². The summed E-state index contributed by atoms with van der Waals surface area (Å²) in [6.07, 6.45) is 0. The molecule has 2 rings (SSSR count). The fourth-order valence-electron chi connectivity index (χ4n) is 1.72. The van der Waals surface area contributed by atoms with Gasteiger partial charge in [-0.2, -0.15) is 5.10 Å². The molecule has 0 saturated heterocycles. The van der Waals surface area contributed by atoms with Crippen LogP contribution in [-0.2, 0) is 0 Å². The predicted molar refractivity (Wildman–Crippen MR) is 61.1 cm³/mol. The smallest absolute Gasteiger partial charge is 0.267 e. The van der Waals surface area contributed by atoms with Crippen molar-refractivity contribution in [3.8, 4) is 0 Å². The van der Waals surface area contributed by atoms with Gasteiger partial charge in [0.1, 0.15) is 0 Å². The molecule has 0 aliphatic rings. The van der Waals surface area contributed by atoms with E-state index in [0.717, 1.165) is 16.5 Å². The topological polar surface area (TPSA) is 34.9 Å². The number of hydrogen-bond acceptors (Lipinski definition) is 2. The van der Waals surface area contributed by atoms with Crippen LogP contribution in [0.5, 0.6) is 0 Å². The molecule has 0 N–H and O–H groups in total. The van der Waals surface area contributed by atoms with Gasteiger partial charge in [0.15, 0.2) is 0 Å². The zero-order chi connectivity index (χ0) is 11.0. The number of hydrogen-bond donors (Lipinski definition) is 0. The first-order valence-corrected chi connectivity index (χ1v) is 5.09. The van der Waals surface area contributed by atoms with Gasteiger partial charge in [0.2, 0.25) is 0 Å². The van der Waals surface area contributed by atoms with Crippen LogP contribution in [-0.4, -0.2) is 9.78 Å². The maximum absolute atomic E-state index is 12.0.